The molecule has 68 heteroatoms. The zero-order valence-corrected chi connectivity index (χ0v) is 67.6. The van der Waals surface area contributed by atoms with Crippen molar-refractivity contribution in [2.24, 2.45) is 0 Å². The second-order valence-corrected chi connectivity index (χ2v) is 36.8. The molecule has 20 atom stereocenters. The largest absolute Gasteiger partial charge is 0.492 e. The second-order valence-electron chi connectivity index (χ2n) is 23.1. The molecule has 4 aromatic heterocycles. The number of carbonyl (C=O) groups is 4. The summed E-state index contributed by atoms with van der Waals surface area (Å²) < 4.78 is 155. The number of hydrogen-bond acceptors (Lipinski definition) is 44. The fourth-order valence-electron chi connectivity index (χ4n) is 9.86. The van der Waals surface area contributed by atoms with Crippen LogP contribution in [0.1, 0.15) is 55.4 Å². The SMILES string of the molecule is CC.COC(=O)C[n+]1cn([C@@H]2O[C@H](COP3(=O)OP(=O)(O)OP(=O)(O)O3)[C@H](O)C2O)c(=O)[nH]c1=O.COC(=O)Cc1cn([C@@H]2O[C@H](CO)[C@H](O)C2O)c(=O)[nH]c1=O.COC(=O)Cc1cn([C@@H]2O[C@H](COP(=O)(Cl)Cl)[C@H](O)C2O)c(=O)[nH]c1=O.COC(=O)Cc1cn([C@@H]2O[C@H](COP(=O)(O)OP(=O)(O)OP(=O)(O)O)[C@H](O)C2O)c(=O)[nH]c1=O. The van der Waals surface area contributed by atoms with Crippen LogP contribution in [0.4, 0.5) is 0 Å². The number of nitrogens with one attached hydrogen (secondary N) is 4. The van der Waals surface area contributed by atoms with Crippen LogP contribution in [0.2, 0.25) is 0 Å². The van der Waals surface area contributed by atoms with Crippen LogP contribution in [0.25, 0.3) is 0 Å². The number of esters is 4. The number of nitrogens with zero attached hydrogens (tertiary/aromatic N) is 5. The normalized spacial score (nSPS) is 29.7. The molecule has 0 aromatic carbocycles. The van der Waals surface area contributed by atoms with Gasteiger partial charge in [0.05, 0.1) is 74.1 Å². The quantitative estimate of drug-likeness (QED) is 0.0120. The van der Waals surface area contributed by atoms with Gasteiger partial charge in [-0.1, -0.05) is 13.8 Å². The maximum absolute atomic E-state index is 12.3. The number of aromatic nitrogens is 9. The number of H-pyrrole nitrogens is 4. The molecule has 5 fully saturated rings. The Bertz CT molecular complexity index is 5070. The molecule has 9 heterocycles. The first-order chi connectivity index (χ1) is 54.0. The molecule has 5 saturated heterocycles. The lowest BCUT2D eigenvalue weighted by Gasteiger charge is -2.27. The van der Waals surface area contributed by atoms with Crippen LogP contribution in [-0.4, -0.2) is 266 Å². The molecule has 0 saturated carbocycles. The van der Waals surface area contributed by atoms with Gasteiger partial charge < -0.3 is 118 Å². The van der Waals surface area contributed by atoms with Crippen molar-refractivity contribution < 1.29 is 204 Å². The number of phosphoric acid groups is 6. The van der Waals surface area contributed by atoms with Crippen LogP contribution in [0.3, 0.4) is 0 Å². The molecule has 0 radical (unpaired) electrons. The zero-order chi connectivity index (χ0) is 88.9. The van der Waals surface area contributed by atoms with Gasteiger partial charge in [-0.15, -0.1) is 0 Å². The minimum atomic E-state index is -5.79. The van der Waals surface area contributed by atoms with Crippen molar-refractivity contribution in [2.45, 2.75) is 138 Å². The number of halogens is 2. The Labute approximate surface area is 657 Å². The van der Waals surface area contributed by atoms with Crippen molar-refractivity contribution in [1.29, 1.82) is 0 Å². The number of hydrogen-bond donors (Lipinski definition) is 19. The average Bonchev–Trinajstić information content (AvgIpc) is 1.78. The van der Waals surface area contributed by atoms with E-state index in [1.165, 1.54) is 0 Å². The van der Waals surface area contributed by atoms with Gasteiger partial charge in [-0.2, -0.15) is 35.7 Å². The van der Waals surface area contributed by atoms with E-state index in [2.05, 4.69) is 54.1 Å². The van der Waals surface area contributed by atoms with Gasteiger partial charge in [-0.3, -0.25) is 71.0 Å². The van der Waals surface area contributed by atoms with Crippen LogP contribution in [-0.2, 0) is 150 Å². The summed E-state index contributed by atoms with van der Waals surface area (Å²) in [6.07, 6.45) is -26.6. The van der Waals surface area contributed by atoms with Gasteiger partial charge in [0.1, 0.15) is 73.2 Å². The van der Waals surface area contributed by atoms with Gasteiger partial charge in [0.15, 0.2) is 25.2 Å². The highest BCUT2D eigenvalue weighted by molar-refractivity contribution is 8.05. The van der Waals surface area contributed by atoms with E-state index < -0.39 is 266 Å². The van der Waals surface area contributed by atoms with Crippen molar-refractivity contribution >= 4 is 99.4 Å². The number of aliphatic hydroxyl groups is 9. The Morgan fingerprint density at radius 3 is 1.13 bits per heavy atom. The van der Waals surface area contributed by atoms with E-state index in [4.69, 9.17) is 61.2 Å². The fourth-order valence-corrected chi connectivity index (χ4v) is 18.5. The van der Waals surface area contributed by atoms with Crippen LogP contribution < -0.4 is 49.7 Å². The monoisotopic (exact) mass is 1870 g/mol. The molecule has 4 aromatic rings. The van der Waals surface area contributed by atoms with E-state index in [9.17, 15) is 145 Å². The number of aromatic amines is 4. The van der Waals surface area contributed by atoms with E-state index in [1.807, 2.05) is 33.8 Å². The summed E-state index contributed by atoms with van der Waals surface area (Å²) >= 11 is 10.5. The molecular weight excluding hydrogens is 1800 g/mol. The van der Waals surface area contributed by atoms with Crippen LogP contribution in [0, 0.1) is 0 Å². The van der Waals surface area contributed by atoms with Crippen LogP contribution >= 0.6 is 75.5 Å². The number of phosphoric ester groups is 1. The Balaban J connectivity index is 0.000000279. The fraction of sp³-hybridized carbons (Fsp3) is 0.612. The Kier molecular flexibility index (Phi) is 36.3. The first kappa shape index (κ1) is 101. The number of aliphatic hydroxyl groups excluding tert-OH is 9. The van der Waals surface area contributed by atoms with Crippen molar-refractivity contribution in [3.63, 3.8) is 0 Å². The van der Waals surface area contributed by atoms with Gasteiger partial charge in [-0.05, 0) is 22.5 Å². The lowest BCUT2D eigenvalue weighted by molar-refractivity contribution is -0.708. The lowest BCUT2D eigenvalue weighted by Crippen LogP contribution is -2.58. The van der Waals surface area contributed by atoms with E-state index >= 15 is 0 Å². The van der Waals surface area contributed by atoms with Crippen LogP contribution in [0.15, 0.2) is 63.3 Å². The molecule has 0 aliphatic carbocycles. The van der Waals surface area contributed by atoms with Gasteiger partial charge in [-0.25, -0.2) is 56.2 Å². The first-order valence-corrected chi connectivity index (χ1v) is 44.1. The van der Waals surface area contributed by atoms with Crippen molar-refractivity contribution in [3.8, 4) is 0 Å². The van der Waals surface area contributed by atoms with Crippen LogP contribution in [0.5, 0.6) is 0 Å². The predicted molar refractivity (Wildman–Crippen MR) is 368 cm³/mol. The van der Waals surface area contributed by atoms with E-state index in [1.54, 1.807) is 0 Å². The smallest absolute Gasteiger partial charge is 0.469 e. The average molecular weight is 1880 g/mol. The Morgan fingerprint density at radius 2 is 0.795 bits per heavy atom. The van der Waals surface area contributed by atoms with E-state index in [-0.39, 0.29) is 23.1 Å². The molecule has 5 aliphatic heterocycles. The summed E-state index contributed by atoms with van der Waals surface area (Å²) in [4.78, 5) is 202. The molecule has 117 heavy (non-hydrogen) atoms. The lowest BCUT2D eigenvalue weighted by atomic mass is 10.1. The maximum Gasteiger partial charge on any atom is 0.492 e. The second kappa shape index (κ2) is 41.9. The molecule has 9 rings (SSSR count). The number of carbonyl (C=O) groups excluding carboxylic acids is 4. The minimum absolute atomic E-state index is 0.0656. The first-order valence-electron chi connectivity index (χ1n) is 31.7. The highest BCUT2D eigenvalue weighted by atomic mass is 35.9. The highest BCUT2D eigenvalue weighted by Gasteiger charge is 2.56. The summed E-state index contributed by atoms with van der Waals surface area (Å²) in [6, 6.07) is 0. The van der Waals surface area contributed by atoms with Crippen molar-refractivity contribution in [3.05, 3.63) is 125 Å². The summed E-state index contributed by atoms with van der Waals surface area (Å²) in [5.41, 5.74) is -8.02. The van der Waals surface area contributed by atoms with Gasteiger partial charge in [0.25, 0.3) is 16.7 Å². The zero-order valence-electron chi connectivity index (χ0n) is 59.8. The molecular formula is C49H73Cl2N9O50P7+. The Hall–Kier alpha value is -6.36. The molecule has 59 nitrogen and oxygen atoms in total. The van der Waals surface area contributed by atoms with Gasteiger partial charge in [0, 0.05) is 35.3 Å². The highest BCUT2D eigenvalue weighted by Crippen LogP contribution is 2.80. The van der Waals surface area contributed by atoms with E-state index in [0.717, 1.165) is 62.5 Å². The summed E-state index contributed by atoms with van der Waals surface area (Å²) in [6.45, 7) is 0.179. The third-order valence-electron chi connectivity index (χ3n) is 15.2. The van der Waals surface area contributed by atoms with E-state index in [0.29, 0.717) is 13.7 Å². The molecule has 19 N–H and O–H groups in total. The summed E-state index contributed by atoms with van der Waals surface area (Å²) in [7, 11) is -28.4. The summed E-state index contributed by atoms with van der Waals surface area (Å²) in [5, 5.41) is 89.5. The Morgan fingerprint density at radius 1 is 0.470 bits per heavy atom. The molecule has 0 amide bonds. The molecule has 0 spiro atoms. The molecule has 0 bridgehead atoms. The number of rotatable bonds is 26. The number of ether oxygens (including phenoxy) is 8. The predicted octanol–water partition coefficient (Wildman–Crippen LogP) is -8.42. The van der Waals surface area contributed by atoms with Gasteiger partial charge in [0.2, 0.25) is 12.6 Å². The van der Waals surface area contributed by atoms with Crippen molar-refractivity contribution in [2.75, 3.05) is 54.9 Å². The molecule has 5 aliphatic rings. The topological polar surface area (TPSA) is 862 Å². The minimum Gasteiger partial charge on any atom is -0.469 e. The standard InChI is InChI=1S/C12H15Cl2N2O9P.C12H19N2O17P3.C12H16N2O8.C11H16N3O16P3.C2H6/c1-23-7(17)2-5-3-16(12(21)15-10(5)20)11-9(19)8(18)6(25-11)4-24-26(13,14)22;1-27-7(15)2-5-3-14(12(19)13-10(5)18)11-9(17)8(16)6(29-11)4-28-33(23,24)31-34(25,26)30-32(20,21)22;1-21-7(16)2-5-3-14(12(20)13-10(5)19)11-9(18)8(17)6(4-15)22-11;1-25-6(15)2-13-4-14(11(19)12-10(13)18)9-8(17)7(16)5(27-9)3-26-33(24)29-31(20,21)28-32(22,23)30-33;1-2/h3,6,8-9,11,18-19H,2,4H2,1H3,(H,15,20,21);3,6,8-9,11,16-17H,2,4H2,1H3,(H,23,24)(H,25,26)(H,13,18,19)(H2,20,21,22);3,6,8-9,11,15,17-18H,2,4H2,1H3,(H,13,19,20);4-5,7-9,16-17H,2-3H2,1H3,(H2-,12,18,19,20,21,22,23);1-2H3/p+1/t3*6-,8+,9?,11-;5-,7+,8?,9-;/m1111./s1. The summed E-state index contributed by atoms with van der Waals surface area (Å²) in [5.74, 6) is -3.09. The molecule has 662 valence electrons. The van der Waals surface area contributed by atoms with Crippen molar-refractivity contribution in [1.82, 2.24) is 38.2 Å². The maximum atomic E-state index is 12.3. The third-order valence-corrected chi connectivity index (χ3v) is 25.4. The number of methoxy groups -OCH3 is 4. The molecule has 8 unspecified atom stereocenters. The third kappa shape index (κ3) is 28.4. The van der Waals surface area contributed by atoms with Gasteiger partial charge >= 0.3 is 105 Å².